The van der Waals surface area contributed by atoms with E-state index >= 15 is 0 Å². The van der Waals surface area contributed by atoms with Gasteiger partial charge >= 0.3 is 0 Å². The number of nitrogens with zero attached hydrogens (tertiary/aromatic N) is 1. The number of aromatic amines is 1. The van der Waals surface area contributed by atoms with Gasteiger partial charge in [0, 0.05) is 18.2 Å². The summed E-state index contributed by atoms with van der Waals surface area (Å²) in [4.78, 5) is 1.21. The summed E-state index contributed by atoms with van der Waals surface area (Å²) in [5, 5.41) is 22.7. The fourth-order valence-electron chi connectivity index (χ4n) is 2.67. The minimum atomic E-state index is -0.203. The molecule has 5 heteroatoms. The lowest BCUT2D eigenvalue weighted by Gasteiger charge is -2.28. The average molecular weight is 277 g/mol. The van der Waals surface area contributed by atoms with E-state index in [-0.39, 0.29) is 12.1 Å². The normalized spacial score (nSPS) is 23.6. The van der Waals surface area contributed by atoms with E-state index in [4.69, 9.17) is 0 Å². The van der Waals surface area contributed by atoms with Gasteiger partial charge in [-0.25, -0.2) is 0 Å². The molecule has 19 heavy (non-hydrogen) atoms. The zero-order chi connectivity index (χ0) is 13.1. The lowest BCUT2D eigenvalue weighted by atomic mass is 9.92. The molecule has 0 radical (unpaired) electrons. The van der Waals surface area contributed by atoms with Crippen molar-refractivity contribution in [3.8, 4) is 10.6 Å². The van der Waals surface area contributed by atoms with E-state index in [1.54, 1.807) is 11.3 Å². The van der Waals surface area contributed by atoms with E-state index in [2.05, 4.69) is 27.0 Å². The van der Waals surface area contributed by atoms with E-state index in [1.807, 2.05) is 12.3 Å². The minimum absolute atomic E-state index is 0.203. The van der Waals surface area contributed by atoms with E-state index in [9.17, 15) is 5.11 Å². The molecule has 2 atom stereocenters. The van der Waals surface area contributed by atoms with Crippen molar-refractivity contribution in [2.45, 2.75) is 44.4 Å². The quantitative estimate of drug-likeness (QED) is 0.805. The molecule has 1 aliphatic rings. The Morgan fingerprint density at radius 1 is 1.42 bits per heavy atom. The molecule has 2 unspecified atom stereocenters. The van der Waals surface area contributed by atoms with E-state index < -0.39 is 0 Å². The monoisotopic (exact) mass is 277 g/mol. The Bertz CT molecular complexity index is 509. The molecule has 2 aromatic rings. The maximum atomic E-state index is 9.97. The highest BCUT2D eigenvalue weighted by Gasteiger charge is 2.22. The predicted molar refractivity (Wildman–Crippen MR) is 77.0 cm³/mol. The molecule has 102 valence electrons. The first-order valence-electron chi connectivity index (χ1n) is 6.82. The molecule has 1 aliphatic carbocycles. The molecule has 0 spiro atoms. The van der Waals surface area contributed by atoms with Gasteiger partial charge in [0.25, 0.3) is 0 Å². The van der Waals surface area contributed by atoms with Crippen LogP contribution in [0.25, 0.3) is 10.6 Å². The average Bonchev–Trinajstić information content (AvgIpc) is 3.08. The highest BCUT2D eigenvalue weighted by atomic mass is 32.1. The minimum Gasteiger partial charge on any atom is -0.392 e. The van der Waals surface area contributed by atoms with Crippen LogP contribution in [0.1, 0.15) is 31.2 Å². The van der Waals surface area contributed by atoms with Gasteiger partial charge in [0.1, 0.15) is 0 Å². The van der Waals surface area contributed by atoms with Gasteiger partial charge in [0.15, 0.2) is 0 Å². The van der Waals surface area contributed by atoms with Crippen LogP contribution in [0.15, 0.2) is 23.7 Å². The van der Waals surface area contributed by atoms with Gasteiger partial charge in [-0.2, -0.15) is 5.10 Å². The van der Waals surface area contributed by atoms with Crippen LogP contribution in [0.5, 0.6) is 0 Å². The predicted octanol–water partition coefficient (Wildman–Crippen LogP) is 2.53. The second-order valence-corrected chi connectivity index (χ2v) is 6.03. The Morgan fingerprint density at radius 3 is 3.11 bits per heavy atom. The van der Waals surface area contributed by atoms with Crippen LogP contribution < -0.4 is 5.32 Å². The number of aliphatic hydroxyl groups excluding tert-OH is 1. The molecule has 3 rings (SSSR count). The van der Waals surface area contributed by atoms with Crippen LogP contribution in [-0.2, 0) is 6.54 Å². The first kappa shape index (κ1) is 12.8. The number of aliphatic hydroxyl groups is 1. The third-order valence-electron chi connectivity index (χ3n) is 3.77. The molecular formula is C14H19N3OS. The van der Waals surface area contributed by atoms with Gasteiger partial charge < -0.3 is 10.4 Å². The Kier molecular flexibility index (Phi) is 3.96. The lowest BCUT2D eigenvalue weighted by Crippen LogP contribution is -2.41. The molecule has 1 saturated carbocycles. The van der Waals surface area contributed by atoms with Gasteiger partial charge in [0.05, 0.1) is 22.9 Å². The molecule has 2 heterocycles. The van der Waals surface area contributed by atoms with Gasteiger partial charge in [-0.05, 0) is 24.3 Å². The van der Waals surface area contributed by atoms with Crippen molar-refractivity contribution >= 4 is 11.3 Å². The topological polar surface area (TPSA) is 60.9 Å². The molecule has 0 saturated heterocycles. The fourth-order valence-corrected chi connectivity index (χ4v) is 3.43. The molecule has 3 N–H and O–H groups in total. The zero-order valence-corrected chi connectivity index (χ0v) is 11.6. The summed E-state index contributed by atoms with van der Waals surface area (Å²) >= 11 is 1.71. The fraction of sp³-hybridized carbons (Fsp3) is 0.500. The van der Waals surface area contributed by atoms with Crippen LogP contribution in [0.3, 0.4) is 0 Å². The maximum absolute atomic E-state index is 9.97. The second kappa shape index (κ2) is 5.86. The zero-order valence-electron chi connectivity index (χ0n) is 10.8. The summed E-state index contributed by atoms with van der Waals surface area (Å²) in [7, 11) is 0. The van der Waals surface area contributed by atoms with E-state index in [0.717, 1.165) is 31.5 Å². The molecule has 0 aliphatic heterocycles. The number of nitrogens with one attached hydrogen (secondary N) is 2. The summed E-state index contributed by atoms with van der Waals surface area (Å²) < 4.78 is 0. The van der Waals surface area contributed by atoms with Crippen molar-refractivity contribution < 1.29 is 5.11 Å². The van der Waals surface area contributed by atoms with Crippen LogP contribution in [0, 0.1) is 0 Å². The Labute approximate surface area is 116 Å². The number of hydrogen-bond acceptors (Lipinski definition) is 4. The van der Waals surface area contributed by atoms with Gasteiger partial charge in [-0.15, -0.1) is 11.3 Å². The van der Waals surface area contributed by atoms with Crippen LogP contribution in [-0.4, -0.2) is 27.4 Å². The number of hydrogen-bond donors (Lipinski definition) is 3. The van der Waals surface area contributed by atoms with Crippen LogP contribution in [0.2, 0.25) is 0 Å². The summed E-state index contributed by atoms with van der Waals surface area (Å²) in [6, 6.07) is 4.36. The molecule has 0 bridgehead atoms. The van der Waals surface area contributed by atoms with Crippen molar-refractivity contribution in [2.24, 2.45) is 0 Å². The van der Waals surface area contributed by atoms with Gasteiger partial charge in [0.2, 0.25) is 0 Å². The Morgan fingerprint density at radius 2 is 2.32 bits per heavy atom. The van der Waals surface area contributed by atoms with Crippen molar-refractivity contribution in [2.75, 3.05) is 0 Å². The molecule has 2 aromatic heterocycles. The van der Waals surface area contributed by atoms with E-state index in [0.29, 0.717) is 0 Å². The van der Waals surface area contributed by atoms with Crippen LogP contribution in [0.4, 0.5) is 0 Å². The Balaban J connectivity index is 1.66. The summed E-state index contributed by atoms with van der Waals surface area (Å²) in [6.07, 6.45) is 6.00. The Hall–Kier alpha value is -1.17. The maximum Gasteiger partial charge on any atom is 0.0794 e. The number of H-pyrrole nitrogens is 1. The van der Waals surface area contributed by atoms with E-state index in [1.165, 1.54) is 16.9 Å². The van der Waals surface area contributed by atoms with Crippen LogP contribution >= 0.6 is 11.3 Å². The van der Waals surface area contributed by atoms with Crippen molar-refractivity contribution in [1.29, 1.82) is 0 Å². The van der Waals surface area contributed by atoms with Gasteiger partial charge in [-0.3, -0.25) is 5.10 Å². The third-order valence-corrected chi connectivity index (χ3v) is 4.66. The smallest absolute Gasteiger partial charge is 0.0794 e. The molecule has 4 nitrogen and oxygen atoms in total. The largest absolute Gasteiger partial charge is 0.392 e. The molecule has 0 amide bonds. The van der Waals surface area contributed by atoms with Gasteiger partial charge in [-0.1, -0.05) is 18.9 Å². The first-order valence-corrected chi connectivity index (χ1v) is 7.70. The number of thiophene rings is 1. The second-order valence-electron chi connectivity index (χ2n) is 5.09. The standard InChI is InChI=1S/C14H19N3OS/c18-12-5-2-1-4-11(12)15-8-10-9-16-17-14(10)13-6-3-7-19-13/h3,6-7,9,11-12,15,18H,1-2,4-5,8H2,(H,16,17). The SMILES string of the molecule is OC1CCCCC1NCc1cn[nH]c1-c1cccs1. The highest BCUT2D eigenvalue weighted by Crippen LogP contribution is 2.26. The molecule has 1 fully saturated rings. The summed E-state index contributed by atoms with van der Waals surface area (Å²) in [5.41, 5.74) is 2.26. The molecular weight excluding hydrogens is 258 g/mol. The summed E-state index contributed by atoms with van der Waals surface area (Å²) in [6.45, 7) is 0.755. The van der Waals surface area contributed by atoms with Crippen molar-refractivity contribution in [3.63, 3.8) is 0 Å². The highest BCUT2D eigenvalue weighted by molar-refractivity contribution is 7.13. The molecule has 0 aromatic carbocycles. The van der Waals surface area contributed by atoms with Crippen molar-refractivity contribution in [1.82, 2.24) is 15.5 Å². The number of rotatable bonds is 4. The lowest BCUT2D eigenvalue weighted by molar-refractivity contribution is 0.0903. The van der Waals surface area contributed by atoms with Crippen molar-refractivity contribution in [3.05, 3.63) is 29.3 Å². The third kappa shape index (κ3) is 2.88. The number of aromatic nitrogens is 2. The first-order chi connectivity index (χ1) is 9.34. The summed E-state index contributed by atoms with van der Waals surface area (Å²) in [5.74, 6) is 0.